The van der Waals surface area contributed by atoms with Gasteiger partial charge in [-0.3, -0.25) is 0 Å². The molecule has 1 aromatic carbocycles. The quantitative estimate of drug-likeness (QED) is 0.467. The zero-order valence-electron chi connectivity index (χ0n) is 20.7. The van der Waals surface area contributed by atoms with Crippen LogP contribution in [0.1, 0.15) is 53.3 Å². The summed E-state index contributed by atoms with van der Waals surface area (Å²) in [5, 5.41) is 0. The minimum Gasteiger partial charge on any atom is -0.477 e. The van der Waals surface area contributed by atoms with Crippen molar-refractivity contribution in [3.63, 3.8) is 0 Å². The molecule has 7 nitrogen and oxygen atoms in total. The van der Waals surface area contributed by atoms with Gasteiger partial charge in [0.1, 0.15) is 5.82 Å². The van der Waals surface area contributed by atoms with Gasteiger partial charge in [-0.05, 0) is 48.9 Å². The molecule has 1 aliphatic rings. The molecule has 0 N–H and O–H groups in total. The third-order valence-corrected chi connectivity index (χ3v) is 7.81. The van der Waals surface area contributed by atoms with Gasteiger partial charge in [-0.15, -0.1) is 0 Å². The second-order valence-electron chi connectivity index (χ2n) is 10.5. The third-order valence-electron chi connectivity index (χ3n) is 6.06. The van der Waals surface area contributed by atoms with Crippen LogP contribution >= 0.6 is 0 Å². The lowest BCUT2D eigenvalue weighted by atomic mass is 9.94. The van der Waals surface area contributed by atoms with Gasteiger partial charge in [0.2, 0.25) is 15.7 Å². The minimum atomic E-state index is -3.74. The van der Waals surface area contributed by atoms with Crippen molar-refractivity contribution in [3.05, 3.63) is 42.4 Å². The summed E-state index contributed by atoms with van der Waals surface area (Å²) in [5.74, 6) is 2.12. The molecule has 1 fully saturated rings. The van der Waals surface area contributed by atoms with Crippen molar-refractivity contribution >= 4 is 20.9 Å². The van der Waals surface area contributed by atoms with Crippen molar-refractivity contribution in [2.75, 3.05) is 19.8 Å². The Morgan fingerprint density at radius 2 is 1.82 bits per heavy atom. The number of ether oxygens (including phenoxy) is 2. The first-order valence-corrected chi connectivity index (χ1v) is 13.5. The van der Waals surface area contributed by atoms with Crippen LogP contribution in [0.15, 0.2) is 46.3 Å². The lowest BCUT2D eigenvalue weighted by Gasteiger charge is -2.26. The SMILES string of the molecule is CC(C)COc1cc(S(=O)(=O)c2ccc3c(c2)nc(C(C)(C)C)n3CC2CCOCC2)ccn1. The first kappa shape index (κ1) is 24.7. The van der Waals surface area contributed by atoms with Crippen LogP contribution in [0.2, 0.25) is 0 Å². The van der Waals surface area contributed by atoms with E-state index in [1.807, 2.05) is 19.9 Å². The summed E-state index contributed by atoms with van der Waals surface area (Å²) >= 11 is 0. The Balaban J connectivity index is 1.71. The van der Waals surface area contributed by atoms with Crippen LogP contribution in [-0.4, -0.2) is 42.8 Å². The molecule has 1 saturated heterocycles. The summed E-state index contributed by atoms with van der Waals surface area (Å²) in [6, 6.07) is 8.26. The molecule has 0 amide bonds. The topological polar surface area (TPSA) is 83.3 Å². The van der Waals surface area contributed by atoms with E-state index in [-0.39, 0.29) is 15.2 Å². The number of rotatable bonds is 7. The molecule has 0 radical (unpaired) electrons. The second-order valence-corrected chi connectivity index (χ2v) is 12.5. The molecule has 184 valence electrons. The van der Waals surface area contributed by atoms with Gasteiger partial charge < -0.3 is 14.0 Å². The van der Waals surface area contributed by atoms with Gasteiger partial charge in [0.15, 0.2) is 0 Å². The number of imidazole rings is 1. The van der Waals surface area contributed by atoms with Gasteiger partial charge in [-0.25, -0.2) is 18.4 Å². The van der Waals surface area contributed by atoms with E-state index in [1.54, 1.807) is 12.1 Å². The molecule has 3 aromatic rings. The smallest absolute Gasteiger partial charge is 0.214 e. The average molecular weight is 486 g/mol. The molecule has 8 heteroatoms. The Bertz CT molecular complexity index is 1250. The molecular weight excluding hydrogens is 450 g/mol. The van der Waals surface area contributed by atoms with Gasteiger partial charge in [-0.1, -0.05) is 34.6 Å². The highest BCUT2D eigenvalue weighted by atomic mass is 32.2. The van der Waals surface area contributed by atoms with Gasteiger partial charge in [0.05, 0.1) is 27.4 Å². The second kappa shape index (κ2) is 9.66. The summed E-state index contributed by atoms with van der Waals surface area (Å²) in [7, 11) is -3.74. The predicted molar refractivity (Wildman–Crippen MR) is 132 cm³/mol. The van der Waals surface area contributed by atoms with E-state index < -0.39 is 9.84 Å². The van der Waals surface area contributed by atoms with Crippen LogP contribution in [0.4, 0.5) is 0 Å². The zero-order chi connectivity index (χ0) is 24.5. The van der Waals surface area contributed by atoms with Crippen molar-refractivity contribution < 1.29 is 17.9 Å². The van der Waals surface area contributed by atoms with Crippen LogP contribution in [0.25, 0.3) is 11.0 Å². The maximum Gasteiger partial charge on any atom is 0.214 e. The standard InChI is InChI=1S/C26H35N3O4S/c1-18(2)17-33-24-15-21(8-11-27-24)34(30,31)20-6-7-23-22(14-20)28-25(26(3,4)5)29(23)16-19-9-12-32-13-10-19/h6-8,11,14-15,18-19H,9-10,12-13,16-17H2,1-5H3. The monoisotopic (exact) mass is 485 g/mol. The normalized spacial score (nSPS) is 15.8. The molecule has 0 bridgehead atoms. The Morgan fingerprint density at radius 1 is 1.12 bits per heavy atom. The molecule has 34 heavy (non-hydrogen) atoms. The number of hydrogen-bond acceptors (Lipinski definition) is 6. The molecule has 0 spiro atoms. The molecule has 3 heterocycles. The number of benzene rings is 1. The highest BCUT2D eigenvalue weighted by Crippen LogP contribution is 2.32. The lowest BCUT2D eigenvalue weighted by Crippen LogP contribution is -2.25. The van der Waals surface area contributed by atoms with E-state index in [4.69, 9.17) is 14.5 Å². The van der Waals surface area contributed by atoms with E-state index in [9.17, 15) is 8.42 Å². The first-order valence-electron chi connectivity index (χ1n) is 12.0. The summed E-state index contributed by atoms with van der Waals surface area (Å²) in [4.78, 5) is 9.45. The molecule has 0 aliphatic carbocycles. The number of hydrogen-bond donors (Lipinski definition) is 0. The molecule has 4 rings (SSSR count). The lowest BCUT2D eigenvalue weighted by molar-refractivity contribution is 0.0611. The Labute approximate surface area is 202 Å². The Hall–Kier alpha value is -2.45. The molecule has 2 aromatic heterocycles. The van der Waals surface area contributed by atoms with Crippen molar-refractivity contribution in [3.8, 4) is 5.88 Å². The van der Waals surface area contributed by atoms with Crippen LogP contribution < -0.4 is 4.74 Å². The van der Waals surface area contributed by atoms with E-state index >= 15 is 0 Å². The number of fused-ring (bicyclic) bond motifs is 1. The Kier molecular flexibility index (Phi) is 7.01. The fraction of sp³-hybridized carbons (Fsp3) is 0.538. The Morgan fingerprint density at radius 3 is 2.50 bits per heavy atom. The molecule has 1 aliphatic heterocycles. The first-order chi connectivity index (χ1) is 16.1. The van der Waals surface area contributed by atoms with E-state index in [0.29, 0.717) is 29.8 Å². The van der Waals surface area contributed by atoms with E-state index in [1.165, 1.54) is 18.3 Å². The van der Waals surface area contributed by atoms with Crippen molar-refractivity contribution in [2.24, 2.45) is 11.8 Å². The predicted octanol–water partition coefficient (Wildman–Crippen LogP) is 5.02. The summed E-state index contributed by atoms with van der Waals surface area (Å²) in [5.41, 5.74) is 1.49. The molecule has 0 saturated carbocycles. The number of sulfone groups is 1. The van der Waals surface area contributed by atoms with Crippen LogP contribution in [0, 0.1) is 11.8 Å². The summed E-state index contributed by atoms with van der Waals surface area (Å²) < 4.78 is 40.3. The summed E-state index contributed by atoms with van der Waals surface area (Å²) in [6.45, 7) is 13.4. The fourth-order valence-electron chi connectivity index (χ4n) is 4.25. The number of nitrogens with zero attached hydrogens (tertiary/aromatic N) is 3. The van der Waals surface area contributed by atoms with E-state index in [2.05, 4.69) is 30.3 Å². The minimum absolute atomic E-state index is 0.165. The van der Waals surface area contributed by atoms with Crippen molar-refractivity contribution in [1.82, 2.24) is 14.5 Å². The van der Waals surface area contributed by atoms with Crippen molar-refractivity contribution in [2.45, 2.75) is 69.2 Å². The zero-order valence-corrected chi connectivity index (χ0v) is 21.6. The maximum absolute atomic E-state index is 13.4. The fourth-order valence-corrected chi connectivity index (χ4v) is 5.53. The van der Waals surface area contributed by atoms with Crippen LogP contribution in [-0.2, 0) is 26.5 Å². The average Bonchev–Trinajstić information content (AvgIpc) is 3.17. The van der Waals surface area contributed by atoms with Crippen LogP contribution in [0.3, 0.4) is 0 Å². The highest BCUT2D eigenvalue weighted by molar-refractivity contribution is 7.91. The van der Waals surface area contributed by atoms with Crippen LogP contribution in [0.5, 0.6) is 5.88 Å². The molecular formula is C26H35N3O4S. The van der Waals surface area contributed by atoms with Gasteiger partial charge >= 0.3 is 0 Å². The number of pyridine rings is 1. The molecule has 0 atom stereocenters. The highest BCUT2D eigenvalue weighted by Gasteiger charge is 2.27. The van der Waals surface area contributed by atoms with Crippen molar-refractivity contribution in [1.29, 1.82) is 0 Å². The van der Waals surface area contributed by atoms with Gasteiger partial charge in [-0.2, -0.15) is 0 Å². The van der Waals surface area contributed by atoms with Gasteiger partial charge in [0, 0.05) is 37.4 Å². The molecule has 0 unspecified atom stereocenters. The largest absolute Gasteiger partial charge is 0.477 e. The van der Waals surface area contributed by atoms with E-state index in [0.717, 1.165) is 43.9 Å². The summed E-state index contributed by atoms with van der Waals surface area (Å²) in [6.07, 6.45) is 3.53. The maximum atomic E-state index is 13.4. The number of aromatic nitrogens is 3. The van der Waals surface area contributed by atoms with Gasteiger partial charge in [0.25, 0.3) is 0 Å². The third kappa shape index (κ3) is 5.28.